The molecule has 2 heteroatoms. The van der Waals surface area contributed by atoms with Crippen molar-refractivity contribution in [1.82, 2.24) is 0 Å². The Kier molecular flexibility index (Phi) is 2.86. The van der Waals surface area contributed by atoms with Crippen molar-refractivity contribution in [2.45, 2.75) is 6.92 Å². The van der Waals surface area contributed by atoms with Crippen LogP contribution < -0.4 is 5.90 Å². The number of nitrogens with two attached hydrogens (primary N) is 1. The molecule has 25 valence electrons. The minimum Gasteiger partial charge on any atom is -0.299 e. The molecule has 0 aromatic rings. The van der Waals surface area contributed by atoms with Crippen LogP contribution in [0.4, 0.5) is 0 Å². The van der Waals surface area contributed by atoms with E-state index in [1.165, 1.54) is 6.61 Å². The lowest BCUT2D eigenvalue weighted by Crippen LogP contribution is -1.89. The van der Waals surface area contributed by atoms with Gasteiger partial charge in [0, 0.05) is 0 Å². The fourth-order valence-electron chi connectivity index (χ4n) is 0. The van der Waals surface area contributed by atoms with Crippen LogP contribution in [-0.2, 0) is 4.84 Å². The monoisotopic (exact) mass is 60.0 g/mol. The molecule has 0 spiro atoms. The third kappa shape index (κ3) is 1.92. The maximum Gasteiger partial charge on any atom is 0.104 e. The zero-order valence-electron chi connectivity index (χ0n) is 2.56. The normalized spacial score (nSPS) is 7.50. The molecule has 2 N–H and O–H groups in total. The molecule has 0 fully saturated rings. The third-order valence-electron chi connectivity index (χ3n) is 0.136. The molecule has 0 aliphatic heterocycles. The Bertz CT molecular complexity index is 8.00. The average molecular weight is 60.1 g/mol. The van der Waals surface area contributed by atoms with Gasteiger partial charge in [0.25, 0.3) is 0 Å². The first-order valence-corrected chi connectivity index (χ1v) is 1.05. The van der Waals surface area contributed by atoms with E-state index < -0.39 is 0 Å². The lowest BCUT2D eigenvalue weighted by molar-refractivity contribution is 0.212. The molecule has 0 aromatic heterocycles. The second-order valence-electron chi connectivity index (χ2n) is 0.372. The summed E-state index contributed by atoms with van der Waals surface area (Å²) in [6.07, 6.45) is 0. The molecule has 2 nitrogen and oxygen atoms in total. The van der Waals surface area contributed by atoms with Crippen molar-refractivity contribution in [3.63, 3.8) is 0 Å². The SMILES string of the molecule is C[CH]ON. The summed E-state index contributed by atoms with van der Waals surface area (Å²) in [6, 6.07) is 0. The molecule has 0 aliphatic rings. The predicted octanol–water partition coefficient (Wildman–Crippen LogP) is 0.0584. The van der Waals surface area contributed by atoms with Crippen LogP contribution in [0.15, 0.2) is 0 Å². The topological polar surface area (TPSA) is 35.2 Å². The smallest absolute Gasteiger partial charge is 0.104 e. The van der Waals surface area contributed by atoms with Crippen molar-refractivity contribution in [2.24, 2.45) is 5.90 Å². The van der Waals surface area contributed by atoms with Gasteiger partial charge in [-0.3, -0.25) is 4.84 Å². The zero-order chi connectivity index (χ0) is 3.41. The second kappa shape index (κ2) is 2.92. The second-order valence-corrected chi connectivity index (χ2v) is 0.372. The van der Waals surface area contributed by atoms with E-state index in [0.717, 1.165) is 0 Å². The van der Waals surface area contributed by atoms with E-state index in [-0.39, 0.29) is 0 Å². The first-order chi connectivity index (χ1) is 1.91. The van der Waals surface area contributed by atoms with Gasteiger partial charge in [0.05, 0.1) is 0 Å². The Morgan fingerprint density at radius 3 is 2.25 bits per heavy atom. The van der Waals surface area contributed by atoms with Crippen molar-refractivity contribution < 1.29 is 4.84 Å². The van der Waals surface area contributed by atoms with E-state index in [9.17, 15) is 0 Å². The van der Waals surface area contributed by atoms with Crippen LogP contribution in [0.5, 0.6) is 0 Å². The van der Waals surface area contributed by atoms with Crippen LogP contribution in [0.25, 0.3) is 0 Å². The van der Waals surface area contributed by atoms with Crippen LogP contribution in [0.3, 0.4) is 0 Å². The molecule has 0 saturated heterocycles. The summed E-state index contributed by atoms with van der Waals surface area (Å²) >= 11 is 0. The molecule has 0 rings (SSSR count). The van der Waals surface area contributed by atoms with E-state index in [1.807, 2.05) is 0 Å². The minimum atomic E-state index is 1.40. The maximum absolute atomic E-state index is 4.47. The van der Waals surface area contributed by atoms with Gasteiger partial charge in [0.15, 0.2) is 0 Å². The highest BCUT2D eigenvalue weighted by Gasteiger charge is 1.54. The molecule has 1 radical (unpaired) electrons. The molecule has 0 amide bonds. The molecule has 0 aromatic carbocycles. The summed E-state index contributed by atoms with van der Waals surface area (Å²) in [6.45, 7) is 3.11. The summed E-state index contributed by atoms with van der Waals surface area (Å²) in [4.78, 5) is 3.92. The molecule has 0 aliphatic carbocycles. The molecule has 0 saturated carbocycles. The lowest BCUT2D eigenvalue weighted by Gasteiger charge is -1.74. The Morgan fingerprint density at radius 1 is 2.00 bits per heavy atom. The fraction of sp³-hybridized carbons (Fsp3) is 0.500. The number of hydrogen-bond donors (Lipinski definition) is 1. The van der Waals surface area contributed by atoms with Crippen LogP contribution in [0.2, 0.25) is 0 Å². The van der Waals surface area contributed by atoms with Gasteiger partial charge in [0.1, 0.15) is 6.61 Å². The fourth-order valence-corrected chi connectivity index (χ4v) is 0. The molecule has 0 bridgehead atoms. The van der Waals surface area contributed by atoms with Crippen molar-refractivity contribution in [3.05, 3.63) is 6.61 Å². The quantitative estimate of drug-likeness (QED) is 0.434. The lowest BCUT2D eigenvalue weighted by atomic mass is 10.9. The third-order valence-corrected chi connectivity index (χ3v) is 0.136. The first kappa shape index (κ1) is 3.92. The summed E-state index contributed by atoms with van der Waals surface area (Å²) < 4.78 is 0. The molecule has 0 unspecified atom stereocenters. The van der Waals surface area contributed by atoms with Crippen molar-refractivity contribution >= 4 is 0 Å². The van der Waals surface area contributed by atoms with E-state index in [0.29, 0.717) is 0 Å². The summed E-state index contributed by atoms with van der Waals surface area (Å²) in [7, 11) is 0. The minimum absolute atomic E-state index is 1.40. The van der Waals surface area contributed by atoms with Gasteiger partial charge < -0.3 is 0 Å². The Hall–Kier alpha value is -0.0800. The Morgan fingerprint density at radius 2 is 2.25 bits per heavy atom. The number of hydrogen-bond acceptors (Lipinski definition) is 2. The van der Waals surface area contributed by atoms with Crippen LogP contribution in [0, 0.1) is 6.61 Å². The van der Waals surface area contributed by atoms with Gasteiger partial charge in [-0.2, -0.15) is 0 Å². The van der Waals surface area contributed by atoms with Gasteiger partial charge >= 0.3 is 0 Å². The number of rotatable bonds is 1. The highest BCUT2D eigenvalue weighted by molar-refractivity contribution is 4.21. The molecule has 0 heterocycles. The zero-order valence-corrected chi connectivity index (χ0v) is 2.56. The van der Waals surface area contributed by atoms with Crippen LogP contribution in [0.1, 0.15) is 6.92 Å². The first-order valence-electron chi connectivity index (χ1n) is 1.05. The van der Waals surface area contributed by atoms with Crippen molar-refractivity contribution in [3.8, 4) is 0 Å². The molecule has 0 atom stereocenters. The van der Waals surface area contributed by atoms with E-state index in [2.05, 4.69) is 10.7 Å². The van der Waals surface area contributed by atoms with Gasteiger partial charge in [-0.05, 0) is 6.92 Å². The van der Waals surface area contributed by atoms with Crippen molar-refractivity contribution in [1.29, 1.82) is 0 Å². The van der Waals surface area contributed by atoms with E-state index >= 15 is 0 Å². The molecular formula is C2H6NO. The standard InChI is InChI=1S/C2H6NO/c1-2-4-3/h2H,3H2,1H3. The highest BCUT2D eigenvalue weighted by Crippen LogP contribution is 1.58. The van der Waals surface area contributed by atoms with Gasteiger partial charge in [-0.1, -0.05) is 0 Å². The Balaban J connectivity index is 1.97. The van der Waals surface area contributed by atoms with Crippen molar-refractivity contribution in [2.75, 3.05) is 0 Å². The molecular weight excluding hydrogens is 54.0 g/mol. The van der Waals surface area contributed by atoms with E-state index in [1.54, 1.807) is 6.92 Å². The van der Waals surface area contributed by atoms with E-state index in [4.69, 9.17) is 0 Å². The van der Waals surface area contributed by atoms with Gasteiger partial charge in [0.2, 0.25) is 0 Å². The largest absolute Gasteiger partial charge is 0.299 e. The van der Waals surface area contributed by atoms with Gasteiger partial charge in [-0.15, -0.1) is 0 Å². The summed E-state index contributed by atoms with van der Waals surface area (Å²) in [5.74, 6) is 4.47. The van der Waals surface area contributed by atoms with Crippen LogP contribution in [-0.4, -0.2) is 0 Å². The highest BCUT2D eigenvalue weighted by atomic mass is 16.6. The summed E-state index contributed by atoms with van der Waals surface area (Å²) in [5.41, 5.74) is 0. The van der Waals surface area contributed by atoms with Gasteiger partial charge in [-0.25, -0.2) is 5.90 Å². The average Bonchev–Trinajstić information content (AvgIpc) is 1.37. The molecule has 4 heavy (non-hydrogen) atoms. The predicted molar refractivity (Wildman–Crippen MR) is 15.2 cm³/mol. The Labute approximate surface area is 25.5 Å². The maximum atomic E-state index is 4.47. The van der Waals surface area contributed by atoms with Crippen LogP contribution >= 0.6 is 0 Å². The summed E-state index contributed by atoms with van der Waals surface area (Å²) in [5, 5.41) is 0.